The summed E-state index contributed by atoms with van der Waals surface area (Å²) in [5, 5.41) is 66.4. The first-order chi connectivity index (χ1) is 41.2. The summed E-state index contributed by atoms with van der Waals surface area (Å²) in [5.74, 6) is -6.47. The summed E-state index contributed by atoms with van der Waals surface area (Å²) in [6.45, 7) is 10.2. The number of rotatable bonds is 37. The Morgan fingerprint density at radius 3 is 1.80 bits per heavy atom. The molecule has 2 saturated heterocycles. The van der Waals surface area contributed by atoms with Crippen LogP contribution in [0.25, 0.3) is 0 Å². The van der Waals surface area contributed by atoms with Crippen molar-refractivity contribution in [2.45, 2.75) is 183 Å². The first-order valence-electron chi connectivity index (χ1n) is 29.8. The van der Waals surface area contributed by atoms with Crippen LogP contribution < -0.4 is 53.6 Å². The Bertz CT molecular complexity index is 2840. The molecule has 87 heavy (non-hydrogen) atoms. The molecule has 476 valence electrons. The number of aliphatic hydroxyl groups excluding tert-OH is 2. The number of aromatic hydroxyl groups is 1. The van der Waals surface area contributed by atoms with Crippen LogP contribution in [0.15, 0.2) is 78.9 Å². The summed E-state index contributed by atoms with van der Waals surface area (Å²) < 4.78 is 0. The number of urea groups is 1. The van der Waals surface area contributed by atoms with Gasteiger partial charge >= 0.3 is 12.0 Å². The number of aliphatic carboxylic acids is 1. The minimum atomic E-state index is -1.75. The highest BCUT2D eigenvalue weighted by molar-refractivity contribution is 8.00. The van der Waals surface area contributed by atoms with Gasteiger partial charge in [0.05, 0.1) is 29.8 Å². The molecule has 8 amide bonds. The van der Waals surface area contributed by atoms with Crippen molar-refractivity contribution in [2.24, 2.45) is 11.7 Å². The zero-order valence-corrected chi connectivity index (χ0v) is 51.3. The minimum absolute atomic E-state index is 0.00121. The normalized spacial score (nSPS) is 19.7. The number of hydrogen-bond acceptors (Lipinski definition) is 16. The number of carbonyl (C=O) groups excluding carboxylic acids is 9. The van der Waals surface area contributed by atoms with Crippen LogP contribution in [-0.2, 0) is 51.2 Å². The van der Waals surface area contributed by atoms with Gasteiger partial charge in [-0.2, -0.15) is 11.8 Å². The van der Waals surface area contributed by atoms with Crippen molar-refractivity contribution in [1.82, 2.24) is 47.9 Å². The zero-order chi connectivity index (χ0) is 64.0. The Balaban J connectivity index is 1.19. The molecule has 3 aromatic carbocycles. The van der Waals surface area contributed by atoms with Gasteiger partial charge in [-0.3, -0.25) is 43.7 Å². The van der Waals surface area contributed by atoms with Gasteiger partial charge in [-0.15, -0.1) is 0 Å². The van der Waals surface area contributed by atoms with Crippen LogP contribution in [0.5, 0.6) is 5.75 Å². The van der Waals surface area contributed by atoms with Gasteiger partial charge in [0.25, 0.3) is 0 Å². The molecule has 24 nitrogen and oxygen atoms in total. The molecule has 0 unspecified atom stereocenters. The number of carbonyl (C=O) groups is 10. The number of ketones is 2. The smallest absolute Gasteiger partial charge is 0.326 e. The molecule has 0 saturated carbocycles. The predicted octanol–water partition coefficient (Wildman–Crippen LogP) is 1.78. The van der Waals surface area contributed by atoms with E-state index in [-0.39, 0.29) is 84.4 Å². The number of benzene rings is 3. The fraction of sp³-hybridized carbons (Fsp3) is 0.548. The number of thioether (sulfide) groups is 1. The monoisotopic (exact) mass is 1230 g/mol. The van der Waals surface area contributed by atoms with E-state index in [1.54, 1.807) is 68.4 Å². The maximum Gasteiger partial charge on any atom is 0.326 e. The number of fused-ring (bicyclic) bond motifs is 1. The number of phenolic OH excluding ortho intramolecular Hbond substituents is 1. The van der Waals surface area contributed by atoms with Crippen LogP contribution in [0.4, 0.5) is 4.79 Å². The quantitative estimate of drug-likeness (QED) is 0.0222. The van der Waals surface area contributed by atoms with Crippen molar-refractivity contribution < 1.29 is 68.4 Å². The molecule has 2 aliphatic heterocycles. The molecule has 2 aliphatic rings. The van der Waals surface area contributed by atoms with E-state index in [9.17, 15) is 68.4 Å². The Kier molecular flexibility index (Phi) is 27.2. The second-order valence-electron chi connectivity index (χ2n) is 23.3. The molecule has 0 aromatic heterocycles. The van der Waals surface area contributed by atoms with Gasteiger partial charge in [-0.05, 0) is 108 Å². The number of nitrogens with one attached hydrogen (secondary N) is 9. The highest BCUT2D eigenvalue weighted by Gasteiger charge is 2.60. The van der Waals surface area contributed by atoms with Gasteiger partial charge in [0, 0.05) is 54.4 Å². The standard InChI is InChI=1S/C62H88N10O14S/c1-36(2)50(69-57(82)51(37(3)73)65-34-44(76)18-13-15-31-64-49(77)21-11-10-20-48-62(6)61(5,35-87-48)71-60(86)72-62)56(81)70-52(38(4)74)58(83)67-46(32-39-22-26-42(27-23-39)53(78)41-16-8-7-9-17-41)55(80)66-45(19-12-14-30-63)54(79)68-47(59(84)85)33-40-24-28-43(75)29-25-40/h7-9,16-17,22-29,36-38,45-48,50-52,65,73-75H,10-15,18-21,30-35,63H2,1-6H3,(H,64,77)(H,66,80)(H,67,83)(H,68,79)(H,69,82)(H,70,81)(H,84,85)(H2,71,72,86)/t37-,38-,45+,46+,47+,48+,50+,51+,52+,61+,62-/m1/s1. The second-order valence-corrected chi connectivity index (χ2v) is 24.5. The molecule has 0 radical (unpaired) electrons. The maximum absolute atomic E-state index is 14.5. The van der Waals surface area contributed by atoms with Gasteiger partial charge in [-0.25, -0.2) is 9.59 Å². The van der Waals surface area contributed by atoms with E-state index >= 15 is 0 Å². The highest BCUT2D eigenvalue weighted by atomic mass is 32.2. The largest absolute Gasteiger partial charge is 0.508 e. The van der Waals surface area contributed by atoms with E-state index in [0.29, 0.717) is 67.3 Å². The average molecular weight is 1230 g/mol. The summed E-state index contributed by atoms with van der Waals surface area (Å²) in [7, 11) is 0. The van der Waals surface area contributed by atoms with Crippen LogP contribution in [0.1, 0.15) is 133 Å². The Labute approximate surface area is 512 Å². The van der Waals surface area contributed by atoms with Gasteiger partial charge in [0.2, 0.25) is 35.4 Å². The summed E-state index contributed by atoms with van der Waals surface area (Å²) in [6.07, 6.45) is 1.20. The predicted molar refractivity (Wildman–Crippen MR) is 327 cm³/mol. The third-order valence-electron chi connectivity index (χ3n) is 15.9. The lowest BCUT2D eigenvalue weighted by molar-refractivity contribution is -0.142. The molecule has 3 aromatic rings. The Hall–Kier alpha value is -7.45. The lowest BCUT2D eigenvalue weighted by atomic mass is 9.79. The number of unbranched alkanes of at least 4 members (excludes halogenated alkanes) is 3. The zero-order valence-electron chi connectivity index (χ0n) is 50.4. The van der Waals surface area contributed by atoms with Crippen LogP contribution in [-0.4, -0.2) is 170 Å². The summed E-state index contributed by atoms with van der Waals surface area (Å²) in [5.41, 5.74) is 6.76. The molecule has 2 fully saturated rings. The summed E-state index contributed by atoms with van der Waals surface area (Å²) >= 11 is 1.83. The van der Waals surface area contributed by atoms with E-state index in [4.69, 9.17) is 5.73 Å². The second kappa shape index (κ2) is 33.6. The van der Waals surface area contributed by atoms with E-state index in [0.717, 1.165) is 18.6 Å². The van der Waals surface area contributed by atoms with Crippen LogP contribution in [0.3, 0.4) is 0 Å². The topological polar surface area (TPSA) is 386 Å². The number of carboxylic acid groups (broad SMARTS) is 1. The Morgan fingerprint density at radius 1 is 0.632 bits per heavy atom. The number of phenols is 1. The molecular weight excluding hydrogens is 1140 g/mol. The number of nitrogens with two attached hydrogens (primary N) is 1. The van der Waals surface area contributed by atoms with Gasteiger partial charge in [0.15, 0.2) is 5.78 Å². The first-order valence-corrected chi connectivity index (χ1v) is 30.8. The molecule has 0 aliphatic carbocycles. The molecule has 0 bridgehead atoms. The third-order valence-corrected chi connectivity index (χ3v) is 17.8. The molecule has 15 N–H and O–H groups in total. The van der Waals surface area contributed by atoms with Crippen LogP contribution in [0.2, 0.25) is 0 Å². The van der Waals surface area contributed by atoms with Crippen LogP contribution in [0, 0.1) is 5.92 Å². The molecule has 11 atom stereocenters. The molecule has 25 heteroatoms. The van der Waals surface area contributed by atoms with E-state index < -0.39 is 89.9 Å². The van der Waals surface area contributed by atoms with E-state index in [2.05, 4.69) is 61.7 Å². The van der Waals surface area contributed by atoms with Crippen molar-refractivity contribution in [2.75, 3.05) is 25.4 Å². The Morgan fingerprint density at radius 2 is 1.18 bits per heavy atom. The van der Waals surface area contributed by atoms with Crippen molar-refractivity contribution in [3.63, 3.8) is 0 Å². The van der Waals surface area contributed by atoms with Gasteiger partial charge in [-0.1, -0.05) is 87.0 Å². The van der Waals surface area contributed by atoms with Crippen molar-refractivity contribution in [3.05, 3.63) is 101 Å². The number of carboxylic acids is 1. The van der Waals surface area contributed by atoms with E-state index in [1.807, 2.05) is 11.8 Å². The number of aliphatic hydroxyl groups is 2. The molecule has 0 spiro atoms. The minimum Gasteiger partial charge on any atom is -0.508 e. The SMILES string of the molecule is CC(C)[C@H](NC(=O)[C@@H](NCC(=O)CCCCNC(=O)CCCC[C@@H]1SC[C@]2(C)NC(=O)N[C@]12C)[C@@H](C)O)C(=O)N[C@H](C(=O)N[C@@H](Cc1ccc(C(=O)c2ccccc2)cc1)C(=O)N[C@@H](CCCCN)C(=O)N[C@@H](Cc1ccc(O)cc1)C(=O)O)[C@@H](C)O. The maximum atomic E-state index is 14.5. The van der Waals surface area contributed by atoms with Crippen molar-refractivity contribution in [1.29, 1.82) is 0 Å². The summed E-state index contributed by atoms with van der Waals surface area (Å²) in [4.78, 5) is 134. The number of amides is 8. The lowest BCUT2D eigenvalue weighted by Gasteiger charge is -2.35. The number of Topliss-reactive ketones (excluding diaryl/α,β-unsaturated/α-hetero) is 1. The van der Waals surface area contributed by atoms with E-state index in [1.165, 1.54) is 38.1 Å². The summed E-state index contributed by atoms with van der Waals surface area (Å²) in [6, 6.07) is 11.5. The first kappa shape index (κ1) is 70.3. The van der Waals surface area contributed by atoms with Gasteiger partial charge < -0.3 is 68.7 Å². The molecular formula is C62H88N10O14S. The molecule has 2 heterocycles. The third kappa shape index (κ3) is 20.9. The lowest BCUT2D eigenvalue weighted by Crippen LogP contribution is -2.63. The van der Waals surface area contributed by atoms with Gasteiger partial charge in [0.1, 0.15) is 47.8 Å². The highest BCUT2D eigenvalue weighted by Crippen LogP contribution is 2.47. The fourth-order valence-corrected chi connectivity index (χ4v) is 12.3. The fourth-order valence-electron chi connectivity index (χ4n) is 10.4. The molecule has 5 rings (SSSR count). The average Bonchev–Trinajstić information content (AvgIpc) is 1.61. The number of hydrogen-bond donors (Lipinski definition) is 14. The van der Waals surface area contributed by atoms with Crippen LogP contribution >= 0.6 is 11.8 Å². The van der Waals surface area contributed by atoms with Crippen molar-refractivity contribution >= 4 is 70.8 Å². The van der Waals surface area contributed by atoms with Crippen molar-refractivity contribution in [3.8, 4) is 5.75 Å².